The van der Waals surface area contributed by atoms with Crippen molar-refractivity contribution in [3.63, 3.8) is 0 Å². The van der Waals surface area contributed by atoms with Crippen LogP contribution in [0, 0.1) is 6.92 Å². The largest absolute Gasteiger partial charge is 0.319 e. The summed E-state index contributed by atoms with van der Waals surface area (Å²) in [6.07, 6.45) is 2.95. The minimum absolute atomic E-state index is 0.971. The van der Waals surface area contributed by atoms with Gasteiger partial charge in [0.25, 0.3) is 0 Å². The second-order valence-electron chi connectivity index (χ2n) is 4.35. The second-order valence-corrected chi connectivity index (χ2v) is 4.35. The molecule has 0 aliphatic rings. The molecule has 1 aromatic heterocycles. The normalized spacial score (nSPS) is 10.8. The highest BCUT2D eigenvalue weighted by atomic mass is 15.3. The third-order valence-corrected chi connectivity index (χ3v) is 3.04. The smallest absolute Gasteiger partial charge is 0.0571 e. The van der Waals surface area contributed by atoms with Gasteiger partial charge >= 0.3 is 0 Å². The van der Waals surface area contributed by atoms with Crippen LogP contribution in [0.4, 0.5) is 0 Å². The molecule has 0 aliphatic carbocycles. The standard InChI is InChI=1S/C14H19N3/c1-11-4-6-12(7-5-11)13-10-16-17(3)14(13)8-9-15-2/h4-7,10,15H,8-9H2,1-3H3. The Morgan fingerprint density at radius 1 is 1.24 bits per heavy atom. The van der Waals surface area contributed by atoms with E-state index in [-0.39, 0.29) is 0 Å². The van der Waals surface area contributed by atoms with Crippen LogP contribution < -0.4 is 5.32 Å². The number of rotatable bonds is 4. The third kappa shape index (κ3) is 2.56. The summed E-state index contributed by atoms with van der Waals surface area (Å²) in [5.41, 5.74) is 5.05. The molecule has 0 bridgehead atoms. The highest BCUT2D eigenvalue weighted by Crippen LogP contribution is 2.23. The lowest BCUT2D eigenvalue weighted by atomic mass is 10.0. The summed E-state index contributed by atoms with van der Waals surface area (Å²) >= 11 is 0. The van der Waals surface area contributed by atoms with Gasteiger partial charge in [0.15, 0.2) is 0 Å². The van der Waals surface area contributed by atoms with Crippen LogP contribution in [-0.2, 0) is 13.5 Å². The van der Waals surface area contributed by atoms with Gasteiger partial charge in [0.05, 0.1) is 6.20 Å². The molecule has 0 saturated heterocycles. The van der Waals surface area contributed by atoms with E-state index in [1.807, 2.05) is 25.0 Å². The molecule has 3 nitrogen and oxygen atoms in total. The topological polar surface area (TPSA) is 29.9 Å². The number of hydrogen-bond acceptors (Lipinski definition) is 2. The Labute approximate surface area is 102 Å². The van der Waals surface area contributed by atoms with Crippen molar-refractivity contribution >= 4 is 0 Å². The predicted octanol–water partition coefficient (Wildman–Crippen LogP) is 2.16. The van der Waals surface area contributed by atoms with Crippen LogP contribution in [-0.4, -0.2) is 23.4 Å². The van der Waals surface area contributed by atoms with Crippen LogP contribution in [0.3, 0.4) is 0 Å². The van der Waals surface area contributed by atoms with Crippen LogP contribution in [0.5, 0.6) is 0 Å². The van der Waals surface area contributed by atoms with E-state index in [9.17, 15) is 0 Å². The maximum atomic E-state index is 4.36. The number of likely N-dealkylation sites (N-methyl/N-ethyl adjacent to an activating group) is 1. The predicted molar refractivity (Wildman–Crippen MR) is 71.0 cm³/mol. The summed E-state index contributed by atoms with van der Waals surface area (Å²) in [6, 6.07) is 8.61. The van der Waals surface area contributed by atoms with Crippen molar-refractivity contribution in [2.45, 2.75) is 13.3 Å². The Morgan fingerprint density at radius 3 is 2.59 bits per heavy atom. The van der Waals surface area contributed by atoms with Gasteiger partial charge in [-0.25, -0.2) is 0 Å². The molecule has 0 fully saturated rings. The molecule has 0 amide bonds. The summed E-state index contributed by atoms with van der Waals surface area (Å²) in [7, 11) is 3.98. The van der Waals surface area contributed by atoms with Gasteiger partial charge in [0.1, 0.15) is 0 Å². The molecule has 0 unspecified atom stereocenters. The molecular weight excluding hydrogens is 210 g/mol. The molecule has 1 N–H and O–H groups in total. The minimum atomic E-state index is 0.971. The van der Waals surface area contributed by atoms with E-state index in [2.05, 4.69) is 41.6 Å². The highest BCUT2D eigenvalue weighted by Gasteiger charge is 2.09. The van der Waals surface area contributed by atoms with E-state index in [4.69, 9.17) is 0 Å². The molecule has 0 atom stereocenters. The Hall–Kier alpha value is -1.61. The Bertz CT molecular complexity index is 483. The maximum absolute atomic E-state index is 4.36. The van der Waals surface area contributed by atoms with Crippen LogP contribution in [0.2, 0.25) is 0 Å². The lowest BCUT2D eigenvalue weighted by Gasteiger charge is -2.06. The maximum Gasteiger partial charge on any atom is 0.0571 e. The lowest BCUT2D eigenvalue weighted by Crippen LogP contribution is -2.13. The average Bonchev–Trinajstić information content (AvgIpc) is 2.69. The first-order chi connectivity index (χ1) is 8.22. The van der Waals surface area contributed by atoms with Crippen LogP contribution in [0.1, 0.15) is 11.3 Å². The van der Waals surface area contributed by atoms with E-state index in [0.29, 0.717) is 0 Å². The lowest BCUT2D eigenvalue weighted by molar-refractivity contribution is 0.682. The molecule has 0 saturated carbocycles. The summed E-state index contributed by atoms with van der Waals surface area (Å²) in [5.74, 6) is 0. The molecule has 3 heteroatoms. The Kier molecular flexibility index (Phi) is 3.59. The van der Waals surface area contributed by atoms with Crippen molar-refractivity contribution in [1.82, 2.24) is 15.1 Å². The van der Waals surface area contributed by atoms with E-state index in [0.717, 1.165) is 13.0 Å². The molecule has 1 aromatic carbocycles. The SMILES string of the molecule is CNCCc1c(-c2ccc(C)cc2)cnn1C. The molecule has 0 spiro atoms. The van der Waals surface area contributed by atoms with Gasteiger partial charge in [-0.2, -0.15) is 5.10 Å². The number of hydrogen-bond donors (Lipinski definition) is 1. The molecule has 2 aromatic rings. The average molecular weight is 229 g/mol. The zero-order valence-corrected chi connectivity index (χ0v) is 10.7. The molecule has 90 valence electrons. The van der Waals surface area contributed by atoms with Gasteiger partial charge in [0.2, 0.25) is 0 Å². The van der Waals surface area contributed by atoms with Crippen LogP contribution in [0.25, 0.3) is 11.1 Å². The fourth-order valence-corrected chi connectivity index (χ4v) is 1.98. The first kappa shape index (κ1) is 11.9. The zero-order valence-electron chi connectivity index (χ0n) is 10.7. The summed E-state index contributed by atoms with van der Waals surface area (Å²) in [4.78, 5) is 0. The van der Waals surface area contributed by atoms with Gasteiger partial charge in [-0.3, -0.25) is 4.68 Å². The number of nitrogens with zero attached hydrogens (tertiary/aromatic N) is 2. The van der Waals surface area contributed by atoms with Gasteiger partial charge in [-0.1, -0.05) is 29.8 Å². The third-order valence-electron chi connectivity index (χ3n) is 3.04. The number of benzene rings is 1. The first-order valence-corrected chi connectivity index (χ1v) is 5.95. The highest BCUT2D eigenvalue weighted by molar-refractivity contribution is 5.65. The van der Waals surface area contributed by atoms with Gasteiger partial charge in [0, 0.05) is 31.3 Å². The Balaban J connectivity index is 2.34. The fraction of sp³-hybridized carbons (Fsp3) is 0.357. The van der Waals surface area contributed by atoms with Crippen molar-refractivity contribution in [2.24, 2.45) is 7.05 Å². The van der Waals surface area contributed by atoms with Crippen molar-refractivity contribution in [1.29, 1.82) is 0 Å². The molecule has 1 heterocycles. The summed E-state index contributed by atoms with van der Waals surface area (Å²) in [6.45, 7) is 3.08. The minimum Gasteiger partial charge on any atom is -0.319 e. The van der Waals surface area contributed by atoms with Crippen LogP contribution in [0.15, 0.2) is 30.5 Å². The fourth-order valence-electron chi connectivity index (χ4n) is 1.98. The van der Waals surface area contributed by atoms with Gasteiger partial charge in [-0.15, -0.1) is 0 Å². The number of nitrogens with one attached hydrogen (secondary N) is 1. The van der Waals surface area contributed by atoms with Crippen molar-refractivity contribution < 1.29 is 0 Å². The number of aryl methyl sites for hydroxylation is 2. The quantitative estimate of drug-likeness (QED) is 0.870. The molecule has 0 radical (unpaired) electrons. The van der Waals surface area contributed by atoms with Crippen molar-refractivity contribution in [3.05, 3.63) is 41.7 Å². The molecule has 0 aliphatic heterocycles. The molecule has 17 heavy (non-hydrogen) atoms. The Morgan fingerprint density at radius 2 is 1.94 bits per heavy atom. The molecular formula is C14H19N3. The van der Waals surface area contributed by atoms with E-state index in [1.165, 1.54) is 22.4 Å². The number of aromatic nitrogens is 2. The zero-order chi connectivity index (χ0) is 12.3. The summed E-state index contributed by atoms with van der Waals surface area (Å²) in [5, 5.41) is 7.54. The van der Waals surface area contributed by atoms with E-state index < -0.39 is 0 Å². The second kappa shape index (κ2) is 5.15. The van der Waals surface area contributed by atoms with E-state index in [1.54, 1.807) is 0 Å². The van der Waals surface area contributed by atoms with Crippen molar-refractivity contribution in [3.8, 4) is 11.1 Å². The first-order valence-electron chi connectivity index (χ1n) is 5.95. The monoisotopic (exact) mass is 229 g/mol. The summed E-state index contributed by atoms with van der Waals surface area (Å²) < 4.78 is 1.96. The molecule has 2 rings (SSSR count). The van der Waals surface area contributed by atoms with Gasteiger partial charge < -0.3 is 5.32 Å². The van der Waals surface area contributed by atoms with Crippen LogP contribution >= 0.6 is 0 Å². The van der Waals surface area contributed by atoms with Gasteiger partial charge in [-0.05, 0) is 19.5 Å². The van der Waals surface area contributed by atoms with E-state index >= 15 is 0 Å². The van der Waals surface area contributed by atoms with Crippen molar-refractivity contribution in [2.75, 3.05) is 13.6 Å².